The number of likely N-dealkylation sites (tertiary alicyclic amines) is 1. The van der Waals surface area contributed by atoms with Gasteiger partial charge in [-0.15, -0.1) is 0 Å². The second-order valence-electron chi connectivity index (χ2n) is 11.4. The number of nitrogens with zero attached hydrogens (tertiary/aromatic N) is 5. The largest absolute Gasteiger partial charge is 0.326 e. The summed E-state index contributed by atoms with van der Waals surface area (Å²) in [5.74, 6) is 2.09. The van der Waals surface area contributed by atoms with Gasteiger partial charge in [0.05, 0.1) is 0 Å². The Kier molecular flexibility index (Phi) is 10.7. The van der Waals surface area contributed by atoms with Crippen LogP contribution >= 0.6 is 0 Å². The highest BCUT2D eigenvalue weighted by molar-refractivity contribution is 5.94. The van der Waals surface area contributed by atoms with E-state index in [9.17, 15) is 9.59 Å². The number of ketones is 1. The Morgan fingerprint density at radius 3 is 2.40 bits per heavy atom. The highest BCUT2D eigenvalue weighted by atomic mass is 16.2. The number of aromatic nitrogens is 3. The van der Waals surface area contributed by atoms with Crippen molar-refractivity contribution >= 4 is 40.3 Å². The Labute approximate surface area is 239 Å². The fourth-order valence-electron chi connectivity index (χ4n) is 5.22. The van der Waals surface area contributed by atoms with Crippen LogP contribution in [0.25, 0.3) is 11.2 Å². The summed E-state index contributed by atoms with van der Waals surface area (Å²) in [5.41, 5.74) is 3.14. The van der Waals surface area contributed by atoms with Crippen LogP contribution in [0.2, 0.25) is 0 Å². The first-order chi connectivity index (χ1) is 19.4. The van der Waals surface area contributed by atoms with E-state index in [0.29, 0.717) is 30.3 Å². The zero-order valence-corrected chi connectivity index (χ0v) is 24.8. The molecule has 0 aliphatic carbocycles. The number of imidazole rings is 1. The minimum atomic E-state index is 0.0451. The van der Waals surface area contributed by atoms with E-state index < -0.39 is 0 Å². The topological polar surface area (TPSA) is 83.4 Å². The van der Waals surface area contributed by atoms with Crippen LogP contribution < -0.4 is 10.2 Å². The van der Waals surface area contributed by atoms with Crippen molar-refractivity contribution in [3.05, 3.63) is 42.0 Å². The van der Waals surface area contributed by atoms with Crippen molar-refractivity contribution in [2.24, 2.45) is 5.92 Å². The first-order valence-electron chi connectivity index (χ1n) is 15.1. The average Bonchev–Trinajstić information content (AvgIpc) is 3.28. The third-order valence-corrected chi connectivity index (χ3v) is 7.68. The van der Waals surface area contributed by atoms with Gasteiger partial charge < -0.3 is 10.2 Å². The predicted octanol–water partition coefficient (Wildman–Crippen LogP) is 6.82. The molecule has 1 aliphatic heterocycles. The number of amides is 1. The summed E-state index contributed by atoms with van der Waals surface area (Å²) < 4.78 is 2.15. The summed E-state index contributed by atoms with van der Waals surface area (Å²) in [6.45, 7) is 12.9. The number of anilines is 3. The maximum atomic E-state index is 13.2. The third kappa shape index (κ3) is 7.90. The zero-order valence-electron chi connectivity index (χ0n) is 24.8. The molecule has 1 saturated heterocycles. The van der Waals surface area contributed by atoms with Gasteiger partial charge in [0.2, 0.25) is 11.9 Å². The molecule has 1 amide bonds. The van der Waals surface area contributed by atoms with Crippen LogP contribution in [-0.4, -0.2) is 57.3 Å². The number of piperidine rings is 1. The maximum absolute atomic E-state index is 13.2. The van der Waals surface area contributed by atoms with Gasteiger partial charge in [-0.3, -0.25) is 19.1 Å². The number of fused-ring (bicyclic) bond motifs is 1. The van der Waals surface area contributed by atoms with Gasteiger partial charge in [-0.05, 0) is 101 Å². The minimum absolute atomic E-state index is 0.0451. The number of Topliss-reactive ketones (excluding diaryl/α,β-unsaturated/α-hetero) is 1. The van der Waals surface area contributed by atoms with E-state index in [1.807, 2.05) is 41.3 Å². The molecule has 2 aromatic heterocycles. The summed E-state index contributed by atoms with van der Waals surface area (Å²) in [5, 5.41) is 3.46. The summed E-state index contributed by atoms with van der Waals surface area (Å²) in [6, 6.07) is 11.4. The fraction of sp³-hybridized carbons (Fsp3) is 0.562. The summed E-state index contributed by atoms with van der Waals surface area (Å²) in [6.07, 6.45) is 8.20. The van der Waals surface area contributed by atoms with Crippen LogP contribution in [0.4, 0.5) is 17.5 Å². The second-order valence-corrected chi connectivity index (χ2v) is 11.4. The molecule has 1 fully saturated rings. The van der Waals surface area contributed by atoms with Crippen LogP contribution in [0.15, 0.2) is 36.4 Å². The lowest BCUT2D eigenvalue weighted by Crippen LogP contribution is -2.33. The van der Waals surface area contributed by atoms with Crippen molar-refractivity contribution in [1.29, 1.82) is 0 Å². The number of aryl methyl sites for hydroxylation is 1. The molecule has 1 N–H and O–H groups in total. The number of rotatable bonds is 14. The number of pyridine rings is 1. The van der Waals surface area contributed by atoms with E-state index in [0.717, 1.165) is 61.6 Å². The van der Waals surface area contributed by atoms with Crippen LogP contribution in [0.3, 0.4) is 0 Å². The van der Waals surface area contributed by atoms with Gasteiger partial charge in [0.15, 0.2) is 11.4 Å². The highest BCUT2D eigenvalue weighted by Gasteiger charge is 2.20. The van der Waals surface area contributed by atoms with E-state index in [1.165, 1.54) is 32.4 Å². The van der Waals surface area contributed by atoms with E-state index >= 15 is 0 Å². The molecule has 3 aromatic rings. The molecule has 216 valence electrons. The number of nitrogens with one attached hydrogen (secondary N) is 1. The van der Waals surface area contributed by atoms with E-state index in [2.05, 4.69) is 35.6 Å². The average molecular weight is 547 g/mol. The Hall–Kier alpha value is -3.26. The lowest BCUT2D eigenvalue weighted by molar-refractivity contribution is -0.118. The van der Waals surface area contributed by atoms with Crippen molar-refractivity contribution in [3.8, 4) is 0 Å². The number of hydrogen-bond donors (Lipinski definition) is 1. The molecule has 0 radical (unpaired) electrons. The van der Waals surface area contributed by atoms with Crippen molar-refractivity contribution in [2.75, 3.05) is 36.4 Å². The predicted molar refractivity (Wildman–Crippen MR) is 163 cm³/mol. The van der Waals surface area contributed by atoms with Crippen LogP contribution in [0, 0.1) is 5.92 Å². The van der Waals surface area contributed by atoms with E-state index in [1.54, 1.807) is 6.92 Å². The zero-order chi connectivity index (χ0) is 28.5. The Bertz CT molecular complexity index is 1260. The molecular formula is C32H46N6O2. The highest BCUT2D eigenvalue weighted by Crippen LogP contribution is 2.26. The molecular weight excluding hydrogens is 500 g/mol. The van der Waals surface area contributed by atoms with Crippen molar-refractivity contribution in [1.82, 2.24) is 19.4 Å². The van der Waals surface area contributed by atoms with Gasteiger partial charge in [0.1, 0.15) is 11.3 Å². The van der Waals surface area contributed by atoms with Gasteiger partial charge in [0, 0.05) is 30.8 Å². The second kappa shape index (κ2) is 14.4. The molecule has 40 heavy (non-hydrogen) atoms. The monoisotopic (exact) mass is 546 g/mol. The van der Waals surface area contributed by atoms with Gasteiger partial charge in [-0.1, -0.05) is 33.6 Å². The number of hydrogen-bond acceptors (Lipinski definition) is 6. The molecule has 1 aliphatic rings. The number of carbonyl (C=O) groups excluding carboxylic acids is 2. The minimum Gasteiger partial charge on any atom is -0.326 e. The van der Waals surface area contributed by atoms with Gasteiger partial charge in [-0.2, -0.15) is 0 Å². The van der Waals surface area contributed by atoms with Gasteiger partial charge in [0.25, 0.3) is 0 Å². The summed E-state index contributed by atoms with van der Waals surface area (Å²) in [7, 11) is 0. The Balaban J connectivity index is 1.65. The van der Waals surface area contributed by atoms with Gasteiger partial charge in [-0.25, -0.2) is 9.97 Å². The first kappa shape index (κ1) is 29.7. The molecule has 3 heterocycles. The molecule has 0 unspecified atom stereocenters. The lowest BCUT2D eigenvalue weighted by atomic mass is 10.1. The molecule has 0 spiro atoms. The van der Waals surface area contributed by atoms with Crippen LogP contribution in [0.5, 0.6) is 0 Å². The molecule has 1 aromatic carbocycles. The Morgan fingerprint density at radius 1 is 0.975 bits per heavy atom. The van der Waals surface area contributed by atoms with Gasteiger partial charge >= 0.3 is 0 Å². The van der Waals surface area contributed by atoms with Crippen LogP contribution in [0.1, 0.15) is 89.4 Å². The molecule has 0 bridgehead atoms. The van der Waals surface area contributed by atoms with Crippen molar-refractivity contribution < 1.29 is 9.59 Å². The number of carbonyl (C=O) groups is 2. The van der Waals surface area contributed by atoms with Crippen LogP contribution in [-0.2, 0) is 11.3 Å². The third-order valence-electron chi connectivity index (χ3n) is 7.68. The molecule has 8 heteroatoms. The molecule has 8 nitrogen and oxygen atoms in total. The normalized spacial score (nSPS) is 14.1. The first-order valence-corrected chi connectivity index (χ1v) is 15.1. The molecule has 0 saturated carbocycles. The maximum Gasteiger partial charge on any atom is 0.228 e. The number of unbranched alkanes of at least 4 members (excludes halogenated alkanes) is 1. The van der Waals surface area contributed by atoms with E-state index in [-0.39, 0.29) is 11.7 Å². The summed E-state index contributed by atoms with van der Waals surface area (Å²) >= 11 is 0. The van der Waals surface area contributed by atoms with E-state index in [4.69, 9.17) is 9.97 Å². The quantitative estimate of drug-likeness (QED) is 0.223. The van der Waals surface area contributed by atoms with Crippen molar-refractivity contribution in [3.63, 3.8) is 0 Å². The standard InChI is InChI=1S/C32H46N6O2/c1-5-6-11-30(40)37(23-18-24(2)3)29-17-16-28-31(35-29)38(22-10-21-36-19-8-7-9-20-36)32(34-28)33-27-14-12-26(13-15-27)25(4)39/h12-17,24H,5-11,18-23H2,1-4H3,(H,33,34). The number of benzene rings is 1. The Morgan fingerprint density at radius 2 is 1.73 bits per heavy atom. The SMILES string of the molecule is CCCCC(=O)N(CCC(C)C)c1ccc2nc(Nc3ccc(C(C)=O)cc3)n(CCCN3CCCCC3)c2n1. The fourth-order valence-corrected chi connectivity index (χ4v) is 5.22. The summed E-state index contributed by atoms with van der Waals surface area (Å²) in [4.78, 5) is 39.3. The van der Waals surface area contributed by atoms with Crippen molar-refractivity contribution in [2.45, 2.75) is 85.6 Å². The molecule has 4 rings (SSSR count). The molecule has 0 atom stereocenters. The smallest absolute Gasteiger partial charge is 0.228 e. The lowest BCUT2D eigenvalue weighted by Gasteiger charge is -2.26.